The van der Waals surface area contributed by atoms with Crippen molar-refractivity contribution in [3.63, 3.8) is 0 Å². The summed E-state index contributed by atoms with van der Waals surface area (Å²) in [5.41, 5.74) is 5.96. The van der Waals surface area contributed by atoms with Gasteiger partial charge in [-0.05, 0) is 118 Å². The highest BCUT2D eigenvalue weighted by atomic mass is 16.5. The summed E-state index contributed by atoms with van der Waals surface area (Å²) < 4.78 is 24.1. The number of benzene rings is 4. The first-order valence-electron chi connectivity index (χ1n) is 17.3. The van der Waals surface area contributed by atoms with Crippen molar-refractivity contribution in [3.8, 4) is 45.4 Å². The van der Waals surface area contributed by atoms with Crippen LogP contribution >= 0.6 is 0 Å². The van der Waals surface area contributed by atoms with Crippen molar-refractivity contribution in [3.05, 3.63) is 109 Å². The van der Waals surface area contributed by atoms with Gasteiger partial charge in [-0.25, -0.2) is 4.98 Å². The van der Waals surface area contributed by atoms with E-state index in [0.29, 0.717) is 26.4 Å². The Labute approximate surface area is 282 Å². The molecule has 0 saturated carbocycles. The fourth-order valence-corrected chi connectivity index (χ4v) is 6.09. The highest BCUT2D eigenvalue weighted by molar-refractivity contribution is 6.04. The molecule has 6 aromatic rings. The second-order valence-electron chi connectivity index (χ2n) is 12.4. The van der Waals surface area contributed by atoms with Gasteiger partial charge >= 0.3 is 0 Å². The molecule has 4 aromatic carbocycles. The molecular formula is C42H42N2O4. The predicted octanol–water partition coefficient (Wildman–Crippen LogP) is 10.5. The Morgan fingerprint density at radius 3 is 1.52 bits per heavy atom. The largest absolute Gasteiger partial charge is 0.494 e. The number of hydrogen-bond acceptors (Lipinski definition) is 6. The molecule has 0 unspecified atom stereocenters. The van der Waals surface area contributed by atoms with E-state index in [1.807, 2.05) is 54.7 Å². The highest BCUT2D eigenvalue weighted by Crippen LogP contribution is 2.30. The lowest BCUT2D eigenvalue weighted by molar-refractivity contribution is 0.279. The smallest absolute Gasteiger partial charge is 0.122 e. The quantitative estimate of drug-likeness (QED) is 0.154. The minimum absolute atomic E-state index is 0.700. The molecule has 4 aliphatic heterocycles. The van der Waals surface area contributed by atoms with Gasteiger partial charge in [0.15, 0.2) is 0 Å². The fraction of sp³-hybridized carbons (Fsp3) is 0.286. The van der Waals surface area contributed by atoms with Gasteiger partial charge in [0, 0.05) is 34.2 Å². The average molecular weight is 639 g/mol. The van der Waals surface area contributed by atoms with Crippen molar-refractivity contribution < 1.29 is 18.9 Å². The van der Waals surface area contributed by atoms with Crippen molar-refractivity contribution in [1.82, 2.24) is 9.97 Å². The number of ether oxygens (including phenoxy) is 4. The summed E-state index contributed by atoms with van der Waals surface area (Å²) in [7, 11) is 0. The second kappa shape index (κ2) is 15.7. The minimum atomic E-state index is 0.700. The number of fused-ring (bicyclic) bond motifs is 2. The first kappa shape index (κ1) is 31.5. The van der Waals surface area contributed by atoms with E-state index < -0.39 is 0 Å². The van der Waals surface area contributed by atoms with Gasteiger partial charge in [-0.3, -0.25) is 4.98 Å². The van der Waals surface area contributed by atoms with E-state index in [9.17, 15) is 0 Å². The van der Waals surface area contributed by atoms with Crippen molar-refractivity contribution in [2.24, 2.45) is 0 Å². The van der Waals surface area contributed by atoms with Gasteiger partial charge in [0.2, 0.25) is 0 Å². The van der Waals surface area contributed by atoms with Crippen molar-refractivity contribution >= 4 is 21.8 Å². The maximum Gasteiger partial charge on any atom is 0.122 e. The number of nitrogens with zero attached hydrogens (tertiary/aromatic N) is 2. The average Bonchev–Trinajstić information content (AvgIpc) is 3.13. The van der Waals surface area contributed by atoms with Crippen LogP contribution in [0.2, 0.25) is 0 Å². The molecule has 48 heavy (non-hydrogen) atoms. The molecule has 0 saturated heterocycles. The van der Waals surface area contributed by atoms with E-state index in [-0.39, 0.29) is 0 Å². The van der Waals surface area contributed by atoms with Crippen LogP contribution in [0.3, 0.4) is 0 Å². The zero-order valence-corrected chi connectivity index (χ0v) is 27.4. The summed E-state index contributed by atoms with van der Waals surface area (Å²) in [6.45, 7) is 2.81. The SMILES string of the molecule is c1cc2cc(c1)OCCCCCCOc1ccc(cc1)-c1ccc3ccc4cc(cnc4c3n1)-c1ccc(cc1)OCCCCCCO2. The molecule has 4 aliphatic rings. The molecular weight excluding hydrogens is 596 g/mol. The van der Waals surface area contributed by atoms with Gasteiger partial charge in [-0.15, -0.1) is 0 Å². The molecule has 6 heterocycles. The standard InChI is InChI=1S/C42H42N2O4/c1-3-7-26-47-38-10-9-11-39(29-38)48-27-8-4-2-6-25-46-37-21-16-32(17-22-37)40-23-18-33-12-13-34-28-35(30-43-41(34)42(33)44-40)31-14-19-36(20-15-31)45-24-5-1/h9-23,28-30H,1-8,24-27H2. The monoisotopic (exact) mass is 638 g/mol. The Morgan fingerprint density at radius 1 is 0.396 bits per heavy atom. The van der Waals surface area contributed by atoms with Crippen LogP contribution in [0.25, 0.3) is 44.2 Å². The van der Waals surface area contributed by atoms with Gasteiger partial charge < -0.3 is 18.9 Å². The van der Waals surface area contributed by atoms with Crippen LogP contribution in [0.5, 0.6) is 23.0 Å². The maximum absolute atomic E-state index is 6.04. The second-order valence-corrected chi connectivity index (χ2v) is 12.4. The molecule has 0 atom stereocenters. The molecule has 10 rings (SSSR count). The molecule has 0 spiro atoms. The summed E-state index contributed by atoms with van der Waals surface area (Å²) in [6, 6.07) is 35.1. The van der Waals surface area contributed by atoms with E-state index in [1.165, 1.54) is 0 Å². The van der Waals surface area contributed by atoms with E-state index in [2.05, 4.69) is 54.6 Å². The third-order valence-corrected chi connectivity index (χ3v) is 8.81. The third kappa shape index (κ3) is 8.06. The van der Waals surface area contributed by atoms with Crippen molar-refractivity contribution in [2.75, 3.05) is 26.4 Å². The minimum Gasteiger partial charge on any atom is -0.494 e. The van der Waals surface area contributed by atoms with Crippen molar-refractivity contribution in [2.45, 2.75) is 51.4 Å². The Bertz CT molecular complexity index is 1930. The van der Waals surface area contributed by atoms with Crippen LogP contribution in [-0.4, -0.2) is 36.4 Å². The third-order valence-electron chi connectivity index (χ3n) is 8.81. The predicted molar refractivity (Wildman–Crippen MR) is 193 cm³/mol. The summed E-state index contributed by atoms with van der Waals surface area (Å²) in [4.78, 5) is 9.96. The zero-order chi connectivity index (χ0) is 32.4. The molecule has 11 bridgehead atoms. The van der Waals surface area contributed by atoms with Gasteiger partial charge in [0.05, 0.1) is 43.2 Å². The Morgan fingerprint density at radius 2 is 0.917 bits per heavy atom. The van der Waals surface area contributed by atoms with Gasteiger partial charge in [0.25, 0.3) is 0 Å². The Hall–Kier alpha value is -5.10. The van der Waals surface area contributed by atoms with Gasteiger partial charge in [-0.2, -0.15) is 0 Å². The normalized spacial score (nSPS) is 15.2. The summed E-state index contributed by atoms with van der Waals surface area (Å²) in [6.07, 6.45) is 10.4. The lowest BCUT2D eigenvalue weighted by atomic mass is 10.0. The molecule has 0 aliphatic carbocycles. The van der Waals surface area contributed by atoms with Crippen LogP contribution in [0.1, 0.15) is 51.4 Å². The maximum atomic E-state index is 6.04. The lowest BCUT2D eigenvalue weighted by Gasteiger charge is -2.11. The highest BCUT2D eigenvalue weighted by Gasteiger charge is 2.09. The van der Waals surface area contributed by atoms with Gasteiger partial charge in [-0.1, -0.05) is 36.4 Å². The van der Waals surface area contributed by atoms with E-state index in [1.54, 1.807) is 0 Å². The molecule has 6 heteroatoms. The van der Waals surface area contributed by atoms with Gasteiger partial charge in [0.1, 0.15) is 23.0 Å². The summed E-state index contributed by atoms with van der Waals surface area (Å²) in [5, 5.41) is 2.14. The molecule has 0 amide bonds. The number of pyridine rings is 2. The summed E-state index contributed by atoms with van der Waals surface area (Å²) in [5.74, 6) is 3.49. The lowest BCUT2D eigenvalue weighted by Crippen LogP contribution is -2.01. The van der Waals surface area contributed by atoms with Crippen LogP contribution in [0.4, 0.5) is 0 Å². The Kier molecular flexibility index (Phi) is 10.3. The topological polar surface area (TPSA) is 62.7 Å². The van der Waals surface area contributed by atoms with Crippen LogP contribution in [-0.2, 0) is 0 Å². The van der Waals surface area contributed by atoms with Crippen LogP contribution in [0, 0.1) is 0 Å². The Balaban J connectivity index is 1.05. The molecule has 0 radical (unpaired) electrons. The van der Waals surface area contributed by atoms with Crippen LogP contribution in [0.15, 0.2) is 109 Å². The van der Waals surface area contributed by atoms with E-state index in [0.717, 1.165) is 119 Å². The molecule has 244 valence electrons. The number of rotatable bonds is 0. The first-order valence-corrected chi connectivity index (χ1v) is 17.3. The summed E-state index contributed by atoms with van der Waals surface area (Å²) >= 11 is 0. The first-order chi connectivity index (χ1) is 23.8. The zero-order valence-electron chi connectivity index (χ0n) is 27.4. The van der Waals surface area contributed by atoms with Crippen LogP contribution < -0.4 is 18.9 Å². The molecule has 0 fully saturated rings. The number of hydrogen-bond donors (Lipinski definition) is 0. The fourth-order valence-electron chi connectivity index (χ4n) is 6.09. The molecule has 2 aromatic heterocycles. The van der Waals surface area contributed by atoms with E-state index >= 15 is 0 Å². The molecule has 6 nitrogen and oxygen atoms in total. The molecule has 0 N–H and O–H groups in total. The van der Waals surface area contributed by atoms with Crippen molar-refractivity contribution in [1.29, 1.82) is 0 Å². The van der Waals surface area contributed by atoms with E-state index in [4.69, 9.17) is 28.9 Å². The number of aromatic nitrogens is 2.